The predicted octanol–water partition coefficient (Wildman–Crippen LogP) is 2.94. The van der Waals surface area contributed by atoms with Gasteiger partial charge in [-0.2, -0.15) is 0 Å². The molecule has 1 amide bonds. The highest BCUT2D eigenvalue weighted by Gasteiger charge is 2.45. The van der Waals surface area contributed by atoms with E-state index in [1.807, 2.05) is 0 Å². The molecular formula is C25H31N2O+. The number of carbonyl (C=O) groups excluding carboxylic acids is 1. The van der Waals surface area contributed by atoms with E-state index in [4.69, 9.17) is 0 Å². The number of amides is 1. The second-order valence-electron chi connectivity index (χ2n) is 9.02. The number of hydrogen-bond donors (Lipinski definition) is 1. The molecule has 0 spiro atoms. The van der Waals surface area contributed by atoms with Gasteiger partial charge in [0.05, 0.1) is 26.2 Å². The summed E-state index contributed by atoms with van der Waals surface area (Å²) in [4.78, 5) is 16.9. The average Bonchev–Trinajstić information content (AvgIpc) is 3.39. The van der Waals surface area contributed by atoms with Crippen LogP contribution in [0.1, 0.15) is 42.9 Å². The lowest BCUT2D eigenvalue weighted by atomic mass is 9.87. The van der Waals surface area contributed by atoms with Crippen molar-refractivity contribution in [1.82, 2.24) is 4.90 Å². The third-order valence-electron chi connectivity index (χ3n) is 7.45. The molecule has 2 aliphatic carbocycles. The van der Waals surface area contributed by atoms with Crippen molar-refractivity contribution in [2.45, 2.75) is 31.7 Å². The topological polar surface area (TPSA) is 24.8 Å². The molecule has 5 rings (SSSR count). The molecule has 2 saturated carbocycles. The Morgan fingerprint density at radius 3 is 1.96 bits per heavy atom. The Kier molecular flexibility index (Phi) is 4.94. The van der Waals surface area contributed by atoms with Gasteiger partial charge in [-0.05, 0) is 31.1 Å². The highest BCUT2D eigenvalue weighted by molar-refractivity contribution is 5.79. The van der Waals surface area contributed by atoms with E-state index in [2.05, 4.69) is 65.6 Å². The summed E-state index contributed by atoms with van der Waals surface area (Å²) in [6.45, 7) is 3.86. The summed E-state index contributed by atoms with van der Waals surface area (Å²) in [5.41, 5.74) is 2.74. The van der Waals surface area contributed by atoms with Crippen molar-refractivity contribution in [3.05, 3.63) is 71.8 Å². The van der Waals surface area contributed by atoms with Gasteiger partial charge in [0, 0.05) is 17.0 Å². The largest absolute Gasteiger partial charge is 0.331 e. The first-order valence-electron chi connectivity index (χ1n) is 11.0. The zero-order valence-electron chi connectivity index (χ0n) is 16.6. The molecule has 146 valence electrons. The number of quaternary nitrogens is 1. The minimum Gasteiger partial charge on any atom is -0.331 e. The number of fused-ring (bicyclic) bond motifs is 2. The molecule has 0 aromatic heterocycles. The maximum absolute atomic E-state index is 13.1. The molecule has 2 aromatic rings. The molecule has 3 fully saturated rings. The Balaban J connectivity index is 1.29. The molecule has 28 heavy (non-hydrogen) atoms. The van der Waals surface area contributed by atoms with Crippen LogP contribution in [-0.4, -0.2) is 37.0 Å². The van der Waals surface area contributed by atoms with Crippen LogP contribution in [0, 0.1) is 17.8 Å². The van der Waals surface area contributed by atoms with Crippen LogP contribution in [-0.2, 0) is 4.79 Å². The summed E-state index contributed by atoms with van der Waals surface area (Å²) in [5, 5.41) is 0. The zero-order valence-corrected chi connectivity index (χ0v) is 16.6. The lowest BCUT2D eigenvalue weighted by Gasteiger charge is -2.38. The van der Waals surface area contributed by atoms with Gasteiger partial charge in [0.25, 0.3) is 0 Å². The smallest absolute Gasteiger partial charge is 0.226 e. The Morgan fingerprint density at radius 2 is 1.46 bits per heavy atom. The summed E-state index contributed by atoms with van der Waals surface area (Å²) in [7, 11) is 0. The van der Waals surface area contributed by atoms with E-state index in [0.29, 0.717) is 23.8 Å². The lowest BCUT2D eigenvalue weighted by molar-refractivity contribution is -0.929. The SMILES string of the molecule is O=C([C@H]1C[C@H]2CC[C@@H]1C2)N1CC[NH+](C(c2ccccc2)c2ccccc2)CC1. The van der Waals surface area contributed by atoms with Crippen LogP contribution in [0.15, 0.2) is 60.7 Å². The molecule has 3 heteroatoms. The Bertz CT molecular complexity index is 758. The highest BCUT2D eigenvalue weighted by Crippen LogP contribution is 2.48. The fourth-order valence-electron chi connectivity index (χ4n) is 6.04. The number of nitrogens with zero attached hydrogens (tertiary/aromatic N) is 1. The quantitative estimate of drug-likeness (QED) is 0.873. The van der Waals surface area contributed by atoms with Gasteiger partial charge >= 0.3 is 0 Å². The summed E-state index contributed by atoms with van der Waals surface area (Å²) < 4.78 is 0. The van der Waals surface area contributed by atoms with Crippen molar-refractivity contribution < 1.29 is 9.69 Å². The average molecular weight is 376 g/mol. The van der Waals surface area contributed by atoms with Crippen molar-refractivity contribution in [3.63, 3.8) is 0 Å². The minimum absolute atomic E-state index is 0.333. The van der Waals surface area contributed by atoms with E-state index in [9.17, 15) is 4.79 Å². The normalized spacial score (nSPS) is 27.5. The van der Waals surface area contributed by atoms with Crippen molar-refractivity contribution in [2.75, 3.05) is 26.2 Å². The van der Waals surface area contributed by atoms with E-state index in [1.54, 1.807) is 4.90 Å². The zero-order chi connectivity index (χ0) is 18.9. The highest BCUT2D eigenvalue weighted by atomic mass is 16.2. The van der Waals surface area contributed by atoms with Crippen molar-refractivity contribution in [3.8, 4) is 0 Å². The molecule has 1 N–H and O–H groups in total. The predicted molar refractivity (Wildman–Crippen MR) is 111 cm³/mol. The number of carbonyl (C=O) groups is 1. The molecule has 0 radical (unpaired) electrons. The third-order valence-corrected chi connectivity index (χ3v) is 7.45. The number of nitrogens with one attached hydrogen (secondary N) is 1. The van der Waals surface area contributed by atoms with E-state index in [0.717, 1.165) is 38.5 Å². The number of piperazine rings is 1. The van der Waals surface area contributed by atoms with Crippen LogP contribution in [0.25, 0.3) is 0 Å². The molecule has 3 nitrogen and oxygen atoms in total. The second kappa shape index (κ2) is 7.71. The van der Waals surface area contributed by atoms with E-state index in [-0.39, 0.29) is 0 Å². The van der Waals surface area contributed by atoms with Crippen molar-refractivity contribution >= 4 is 5.91 Å². The van der Waals surface area contributed by atoms with E-state index < -0.39 is 0 Å². The maximum Gasteiger partial charge on any atom is 0.226 e. The summed E-state index contributed by atoms with van der Waals surface area (Å²) >= 11 is 0. The van der Waals surface area contributed by atoms with Crippen molar-refractivity contribution in [2.24, 2.45) is 17.8 Å². The van der Waals surface area contributed by atoms with Crippen LogP contribution in [0.4, 0.5) is 0 Å². The number of benzene rings is 2. The molecule has 1 aliphatic heterocycles. The van der Waals surface area contributed by atoms with Crippen LogP contribution >= 0.6 is 0 Å². The van der Waals surface area contributed by atoms with Crippen LogP contribution in [0.5, 0.6) is 0 Å². The second-order valence-corrected chi connectivity index (χ2v) is 9.02. The van der Waals surface area contributed by atoms with Gasteiger partial charge in [0.1, 0.15) is 6.04 Å². The Labute approximate surface area is 168 Å². The van der Waals surface area contributed by atoms with Crippen LogP contribution in [0.3, 0.4) is 0 Å². The standard InChI is InChI=1S/C25H30N2O/c28-25(23-18-19-11-12-22(23)17-19)27-15-13-26(14-16-27)24(20-7-3-1-4-8-20)21-9-5-2-6-10-21/h1-10,19,22-24H,11-18H2/p+1/t19-,22+,23-/m0/s1. The number of hydrogen-bond acceptors (Lipinski definition) is 1. The fourth-order valence-corrected chi connectivity index (χ4v) is 6.04. The maximum atomic E-state index is 13.1. The molecule has 3 atom stereocenters. The molecule has 1 heterocycles. The van der Waals surface area contributed by atoms with Gasteiger partial charge in [-0.1, -0.05) is 67.1 Å². The summed E-state index contributed by atoms with van der Waals surface area (Å²) in [5.74, 6) is 2.32. The fraction of sp³-hybridized carbons (Fsp3) is 0.480. The summed E-state index contributed by atoms with van der Waals surface area (Å²) in [6, 6.07) is 22.1. The molecule has 1 saturated heterocycles. The van der Waals surface area contributed by atoms with E-state index >= 15 is 0 Å². The first kappa shape index (κ1) is 17.9. The molecule has 0 unspecified atom stereocenters. The van der Waals surface area contributed by atoms with Gasteiger partial charge in [-0.3, -0.25) is 4.79 Å². The van der Waals surface area contributed by atoms with Gasteiger partial charge in [-0.25, -0.2) is 0 Å². The van der Waals surface area contributed by atoms with Gasteiger partial charge < -0.3 is 9.80 Å². The first-order chi connectivity index (χ1) is 13.8. The lowest BCUT2D eigenvalue weighted by Crippen LogP contribution is -3.15. The van der Waals surface area contributed by atoms with Crippen LogP contribution < -0.4 is 4.90 Å². The van der Waals surface area contributed by atoms with Gasteiger partial charge in [0.2, 0.25) is 5.91 Å². The molecule has 2 bridgehead atoms. The van der Waals surface area contributed by atoms with Crippen LogP contribution in [0.2, 0.25) is 0 Å². The van der Waals surface area contributed by atoms with Gasteiger partial charge in [-0.15, -0.1) is 0 Å². The van der Waals surface area contributed by atoms with Gasteiger partial charge in [0.15, 0.2) is 0 Å². The minimum atomic E-state index is 0.333. The van der Waals surface area contributed by atoms with E-state index in [1.165, 1.54) is 30.4 Å². The monoisotopic (exact) mass is 375 g/mol. The first-order valence-corrected chi connectivity index (χ1v) is 11.0. The number of rotatable bonds is 4. The third kappa shape index (κ3) is 3.37. The van der Waals surface area contributed by atoms with Crippen molar-refractivity contribution in [1.29, 1.82) is 0 Å². The Morgan fingerprint density at radius 1 is 0.857 bits per heavy atom. The Hall–Kier alpha value is -2.13. The molecule has 3 aliphatic rings. The molecular weight excluding hydrogens is 344 g/mol. The molecule has 2 aromatic carbocycles. The summed E-state index contributed by atoms with van der Waals surface area (Å²) in [6.07, 6.45) is 5.12.